The Labute approximate surface area is 173 Å². The number of ketones is 1. The lowest BCUT2D eigenvalue weighted by Crippen LogP contribution is -2.26. The third-order valence-corrected chi connectivity index (χ3v) is 6.28. The van der Waals surface area contributed by atoms with Gasteiger partial charge in [-0.25, -0.2) is 0 Å². The number of hydrogen-bond donors (Lipinski definition) is 1. The van der Waals surface area contributed by atoms with Gasteiger partial charge < -0.3 is 5.11 Å². The van der Waals surface area contributed by atoms with Crippen LogP contribution in [0, 0.1) is 22.7 Å². The van der Waals surface area contributed by atoms with E-state index in [4.69, 9.17) is 0 Å². The Kier molecular flexibility index (Phi) is 9.14. The summed E-state index contributed by atoms with van der Waals surface area (Å²) in [6.45, 7) is 16.9. The monoisotopic (exact) mass is 386 g/mol. The Bertz CT molecular complexity index is 641. The minimum absolute atomic E-state index is 0.138. The zero-order valence-corrected chi connectivity index (χ0v) is 19.4. The molecule has 0 amide bonds. The van der Waals surface area contributed by atoms with Gasteiger partial charge in [-0.3, -0.25) is 4.79 Å². The molecule has 0 fully saturated rings. The van der Waals surface area contributed by atoms with Crippen LogP contribution in [-0.4, -0.2) is 17.0 Å². The molecule has 0 saturated heterocycles. The molecule has 2 nitrogen and oxygen atoms in total. The van der Waals surface area contributed by atoms with E-state index in [1.165, 1.54) is 36.8 Å². The van der Waals surface area contributed by atoms with Crippen molar-refractivity contribution in [1.82, 2.24) is 0 Å². The molecular formula is C26H42O2. The molecule has 0 heterocycles. The second-order valence-corrected chi connectivity index (χ2v) is 10.0. The van der Waals surface area contributed by atoms with Crippen LogP contribution < -0.4 is 0 Å². The molecule has 0 unspecified atom stereocenters. The highest BCUT2D eigenvalue weighted by Crippen LogP contribution is 2.42. The number of rotatable bonds is 4. The Morgan fingerprint density at radius 3 is 1.79 bits per heavy atom. The maximum atomic E-state index is 10.9. The lowest BCUT2D eigenvalue weighted by atomic mass is 9.68. The first-order valence-electron chi connectivity index (χ1n) is 10.8. The molecule has 1 N–H and O–H groups in total. The second-order valence-electron chi connectivity index (χ2n) is 10.0. The van der Waals surface area contributed by atoms with Gasteiger partial charge in [-0.2, -0.15) is 0 Å². The topological polar surface area (TPSA) is 37.3 Å². The molecule has 2 aliphatic rings. The SMILES string of the molecule is CC(=O)/C=C/[C@@H]1C(C)=CCCC1(C)C.CC1=CCCC(C)(C)[C@@H]1/C=C/[C@@H](C)O. The maximum Gasteiger partial charge on any atom is 0.152 e. The standard InChI is InChI=1S/C13H22O.C13H20O/c2*1-10-6-5-9-13(3,4)12(10)8-7-11(2)14/h6-8,11-12,14H,5,9H2,1-4H3;6-8,12H,5,9H2,1-4H3/b2*8-7+/t11-,12-;12-/m11/s1. The number of allylic oxidation sites excluding steroid dienone is 7. The first-order valence-corrected chi connectivity index (χ1v) is 10.8. The van der Waals surface area contributed by atoms with Crippen molar-refractivity contribution in [1.29, 1.82) is 0 Å². The van der Waals surface area contributed by atoms with Crippen molar-refractivity contribution in [3.63, 3.8) is 0 Å². The Balaban J connectivity index is 0.000000280. The number of carbonyl (C=O) groups is 1. The summed E-state index contributed by atoms with van der Waals surface area (Å²) >= 11 is 0. The molecule has 2 heteroatoms. The van der Waals surface area contributed by atoms with Crippen LogP contribution in [0.3, 0.4) is 0 Å². The summed E-state index contributed by atoms with van der Waals surface area (Å²) in [5, 5.41) is 9.23. The molecule has 0 aromatic rings. The van der Waals surface area contributed by atoms with E-state index in [-0.39, 0.29) is 11.9 Å². The zero-order valence-electron chi connectivity index (χ0n) is 19.4. The Hall–Kier alpha value is -1.41. The molecule has 0 saturated carbocycles. The van der Waals surface area contributed by atoms with E-state index in [9.17, 15) is 9.90 Å². The van der Waals surface area contributed by atoms with Crippen molar-refractivity contribution in [3.8, 4) is 0 Å². The number of hydrogen-bond acceptors (Lipinski definition) is 2. The predicted octanol–water partition coefficient (Wildman–Crippen LogP) is 6.82. The number of aliphatic hydroxyl groups excluding tert-OH is 1. The summed E-state index contributed by atoms with van der Waals surface area (Å²) < 4.78 is 0. The zero-order chi connectivity index (χ0) is 21.5. The van der Waals surface area contributed by atoms with Crippen LogP contribution in [0.15, 0.2) is 47.6 Å². The average molecular weight is 387 g/mol. The third-order valence-electron chi connectivity index (χ3n) is 6.28. The van der Waals surface area contributed by atoms with Crippen molar-refractivity contribution >= 4 is 5.78 Å². The van der Waals surface area contributed by atoms with Crippen LogP contribution in [0.5, 0.6) is 0 Å². The van der Waals surface area contributed by atoms with Gasteiger partial charge in [0.25, 0.3) is 0 Å². The molecule has 0 aromatic heterocycles. The maximum absolute atomic E-state index is 10.9. The summed E-state index contributed by atoms with van der Waals surface area (Å²) in [6, 6.07) is 0. The van der Waals surface area contributed by atoms with Crippen molar-refractivity contribution in [3.05, 3.63) is 47.6 Å². The largest absolute Gasteiger partial charge is 0.389 e. The molecule has 0 radical (unpaired) electrons. The van der Waals surface area contributed by atoms with E-state index < -0.39 is 0 Å². The second kappa shape index (κ2) is 10.4. The Morgan fingerprint density at radius 2 is 1.43 bits per heavy atom. The van der Waals surface area contributed by atoms with E-state index in [1.807, 2.05) is 6.08 Å². The van der Waals surface area contributed by atoms with Gasteiger partial charge in [0.2, 0.25) is 0 Å². The van der Waals surface area contributed by atoms with Crippen LogP contribution in [0.1, 0.15) is 81.1 Å². The van der Waals surface area contributed by atoms with E-state index >= 15 is 0 Å². The highest BCUT2D eigenvalue weighted by molar-refractivity contribution is 5.87. The average Bonchev–Trinajstić information content (AvgIpc) is 2.52. The predicted molar refractivity (Wildman–Crippen MR) is 121 cm³/mol. The number of aliphatic hydroxyl groups is 1. The van der Waals surface area contributed by atoms with Crippen molar-refractivity contribution in [2.24, 2.45) is 22.7 Å². The fourth-order valence-corrected chi connectivity index (χ4v) is 4.47. The summed E-state index contributed by atoms with van der Waals surface area (Å²) in [5.74, 6) is 1.06. The van der Waals surface area contributed by atoms with Crippen LogP contribution in [0.25, 0.3) is 0 Å². The third kappa shape index (κ3) is 7.54. The first kappa shape index (κ1) is 24.6. The molecule has 2 rings (SSSR count). The van der Waals surface area contributed by atoms with Gasteiger partial charge in [-0.15, -0.1) is 0 Å². The highest BCUT2D eigenvalue weighted by Gasteiger charge is 2.31. The van der Waals surface area contributed by atoms with E-state index in [2.05, 4.69) is 65.8 Å². The van der Waals surface area contributed by atoms with E-state index in [0.29, 0.717) is 22.7 Å². The molecule has 158 valence electrons. The van der Waals surface area contributed by atoms with Gasteiger partial charge in [0, 0.05) is 11.8 Å². The van der Waals surface area contributed by atoms with Gasteiger partial charge >= 0.3 is 0 Å². The smallest absolute Gasteiger partial charge is 0.152 e. The first-order chi connectivity index (χ1) is 12.9. The lowest BCUT2D eigenvalue weighted by molar-refractivity contribution is -0.112. The molecular weight excluding hydrogens is 344 g/mol. The fraction of sp³-hybridized carbons (Fsp3) is 0.654. The van der Waals surface area contributed by atoms with Gasteiger partial charge in [0.05, 0.1) is 6.10 Å². The fourth-order valence-electron chi connectivity index (χ4n) is 4.47. The summed E-state index contributed by atoms with van der Waals surface area (Å²) in [4.78, 5) is 10.9. The molecule has 2 aliphatic carbocycles. The number of carbonyl (C=O) groups excluding carboxylic acids is 1. The summed E-state index contributed by atoms with van der Waals surface area (Å²) in [5.41, 5.74) is 3.48. The molecule has 28 heavy (non-hydrogen) atoms. The minimum atomic E-state index is -0.333. The quantitative estimate of drug-likeness (QED) is 0.425. The van der Waals surface area contributed by atoms with E-state index in [1.54, 1.807) is 19.9 Å². The molecule has 0 aromatic carbocycles. The highest BCUT2D eigenvalue weighted by atomic mass is 16.3. The lowest BCUT2D eigenvalue weighted by Gasteiger charge is -2.36. The normalized spacial score (nSPS) is 27.6. The molecule has 0 spiro atoms. The van der Waals surface area contributed by atoms with Gasteiger partial charge in [0.15, 0.2) is 5.78 Å². The Morgan fingerprint density at radius 1 is 1.00 bits per heavy atom. The van der Waals surface area contributed by atoms with Gasteiger partial charge in [-0.1, -0.05) is 69.2 Å². The molecule has 0 bridgehead atoms. The van der Waals surface area contributed by atoms with Crippen LogP contribution in [-0.2, 0) is 4.79 Å². The molecule has 0 aliphatic heterocycles. The van der Waals surface area contributed by atoms with Crippen LogP contribution in [0.2, 0.25) is 0 Å². The van der Waals surface area contributed by atoms with Crippen molar-refractivity contribution < 1.29 is 9.90 Å². The van der Waals surface area contributed by atoms with Crippen LogP contribution >= 0.6 is 0 Å². The van der Waals surface area contributed by atoms with Gasteiger partial charge in [0.1, 0.15) is 0 Å². The van der Waals surface area contributed by atoms with Crippen molar-refractivity contribution in [2.75, 3.05) is 0 Å². The van der Waals surface area contributed by atoms with Crippen molar-refractivity contribution in [2.45, 2.75) is 87.2 Å². The van der Waals surface area contributed by atoms with E-state index in [0.717, 1.165) is 0 Å². The van der Waals surface area contributed by atoms with Crippen LogP contribution in [0.4, 0.5) is 0 Å². The molecule has 3 atom stereocenters. The summed E-state index contributed by atoms with van der Waals surface area (Å²) in [7, 11) is 0. The van der Waals surface area contributed by atoms with Gasteiger partial charge in [-0.05, 0) is 70.3 Å². The summed E-state index contributed by atoms with van der Waals surface area (Å²) in [6.07, 6.45) is 16.9. The minimum Gasteiger partial charge on any atom is -0.389 e.